The van der Waals surface area contributed by atoms with Crippen LogP contribution in [-0.4, -0.2) is 29.3 Å². The lowest BCUT2D eigenvalue weighted by Gasteiger charge is -2.19. The lowest BCUT2D eigenvalue weighted by molar-refractivity contribution is -0.119. The van der Waals surface area contributed by atoms with Gasteiger partial charge in [-0.1, -0.05) is 11.6 Å². The van der Waals surface area contributed by atoms with Crippen molar-refractivity contribution in [1.29, 1.82) is 0 Å². The van der Waals surface area contributed by atoms with E-state index >= 15 is 0 Å². The highest BCUT2D eigenvalue weighted by Crippen LogP contribution is 2.29. The van der Waals surface area contributed by atoms with E-state index in [0.29, 0.717) is 17.8 Å². The van der Waals surface area contributed by atoms with Crippen molar-refractivity contribution in [2.24, 2.45) is 0 Å². The average molecular weight is 230 g/mol. The van der Waals surface area contributed by atoms with Crippen LogP contribution in [-0.2, 0) is 4.79 Å². The van der Waals surface area contributed by atoms with Gasteiger partial charge in [-0.15, -0.1) is 0 Å². The summed E-state index contributed by atoms with van der Waals surface area (Å²) in [5, 5.41) is 2.85. The van der Waals surface area contributed by atoms with Crippen LogP contribution in [0, 0.1) is 6.92 Å². The molecule has 17 heavy (non-hydrogen) atoms. The van der Waals surface area contributed by atoms with Crippen molar-refractivity contribution in [2.75, 3.05) is 11.9 Å². The largest absolute Gasteiger partial charge is 0.327 e. The van der Waals surface area contributed by atoms with E-state index in [1.807, 2.05) is 25.1 Å². The summed E-state index contributed by atoms with van der Waals surface area (Å²) >= 11 is 0. The Morgan fingerprint density at radius 3 is 3.00 bits per heavy atom. The van der Waals surface area contributed by atoms with E-state index in [2.05, 4.69) is 5.32 Å². The number of nitrogens with one attached hydrogen (secondary N) is 1. The Kier molecular flexibility index (Phi) is 2.18. The number of aryl methyl sites for hydroxylation is 1. The first-order valence-electron chi connectivity index (χ1n) is 5.89. The van der Waals surface area contributed by atoms with E-state index < -0.39 is 0 Å². The number of benzene rings is 1. The third-order valence-electron chi connectivity index (χ3n) is 3.48. The highest BCUT2D eigenvalue weighted by molar-refractivity contribution is 6.10. The van der Waals surface area contributed by atoms with Crippen molar-refractivity contribution in [3.8, 4) is 0 Å². The lowest BCUT2D eigenvalue weighted by atomic mass is 10.1. The number of amides is 2. The molecule has 1 atom stereocenters. The molecule has 4 nitrogen and oxygen atoms in total. The number of carbonyl (C=O) groups excluding carboxylic acids is 2. The quantitative estimate of drug-likeness (QED) is 0.735. The smallest absolute Gasteiger partial charge is 0.256 e. The predicted octanol–water partition coefficient (Wildman–Crippen LogP) is 1.55. The molecule has 0 unspecified atom stereocenters. The van der Waals surface area contributed by atoms with Gasteiger partial charge in [0, 0.05) is 6.54 Å². The molecule has 2 aliphatic heterocycles. The molecule has 1 aromatic carbocycles. The molecule has 1 N–H and O–H groups in total. The molecule has 2 amide bonds. The molecule has 0 aromatic heterocycles. The van der Waals surface area contributed by atoms with E-state index in [1.165, 1.54) is 0 Å². The molecule has 0 radical (unpaired) electrons. The number of hydrogen-bond acceptors (Lipinski definition) is 2. The Balaban J connectivity index is 2.12. The number of hydrogen-bond donors (Lipinski definition) is 1. The molecule has 0 saturated carbocycles. The van der Waals surface area contributed by atoms with Crippen LogP contribution in [0.4, 0.5) is 5.69 Å². The van der Waals surface area contributed by atoms with Gasteiger partial charge in [-0.2, -0.15) is 0 Å². The van der Waals surface area contributed by atoms with Crippen LogP contribution in [0.25, 0.3) is 0 Å². The zero-order valence-electron chi connectivity index (χ0n) is 9.69. The van der Waals surface area contributed by atoms with Crippen molar-refractivity contribution >= 4 is 17.5 Å². The van der Waals surface area contributed by atoms with Gasteiger partial charge in [0.25, 0.3) is 5.91 Å². The maximum Gasteiger partial charge on any atom is 0.256 e. The Bertz CT molecular complexity index is 510. The van der Waals surface area contributed by atoms with Crippen molar-refractivity contribution in [2.45, 2.75) is 25.8 Å². The SMILES string of the molecule is Cc1ccc2c(c1)C(=O)N1CCC[C@H]1C(=O)N2. The van der Waals surface area contributed by atoms with Crippen LogP contribution >= 0.6 is 0 Å². The van der Waals surface area contributed by atoms with E-state index in [0.717, 1.165) is 18.4 Å². The molecule has 2 aliphatic rings. The van der Waals surface area contributed by atoms with Gasteiger partial charge >= 0.3 is 0 Å². The van der Waals surface area contributed by atoms with Crippen LogP contribution in [0.3, 0.4) is 0 Å². The van der Waals surface area contributed by atoms with Gasteiger partial charge in [0.05, 0.1) is 11.3 Å². The summed E-state index contributed by atoms with van der Waals surface area (Å²) in [5.74, 6) is -0.0806. The zero-order chi connectivity index (χ0) is 12.0. The number of fused-ring (bicyclic) bond motifs is 2. The predicted molar refractivity (Wildman–Crippen MR) is 63.9 cm³/mol. The first-order valence-corrected chi connectivity index (χ1v) is 5.89. The number of nitrogens with zero attached hydrogens (tertiary/aromatic N) is 1. The number of carbonyl (C=O) groups is 2. The molecule has 1 fully saturated rings. The van der Waals surface area contributed by atoms with Gasteiger partial charge in [0.2, 0.25) is 5.91 Å². The molecular weight excluding hydrogens is 216 g/mol. The summed E-state index contributed by atoms with van der Waals surface area (Å²) in [7, 11) is 0. The maximum atomic E-state index is 12.3. The normalized spacial score (nSPS) is 22.9. The van der Waals surface area contributed by atoms with Crippen LogP contribution in [0.2, 0.25) is 0 Å². The standard InChI is InChI=1S/C13H14N2O2/c1-8-4-5-10-9(7-8)13(17)15-6-2-3-11(15)12(16)14-10/h4-5,7,11H,2-3,6H2,1H3,(H,14,16)/t11-/m0/s1. The second kappa shape index (κ2) is 3.58. The molecular formula is C13H14N2O2. The van der Waals surface area contributed by atoms with Gasteiger partial charge in [-0.3, -0.25) is 9.59 Å². The van der Waals surface area contributed by atoms with Crippen molar-refractivity contribution in [3.63, 3.8) is 0 Å². The molecule has 3 rings (SSSR count). The Morgan fingerprint density at radius 1 is 1.35 bits per heavy atom. The molecule has 88 valence electrons. The summed E-state index contributed by atoms with van der Waals surface area (Å²) in [6, 6.07) is 5.28. The fourth-order valence-electron chi connectivity index (χ4n) is 2.60. The Labute approximate surface area is 99.6 Å². The van der Waals surface area contributed by atoms with Gasteiger partial charge in [-0.05, 0) is 31.9 Å². The van der Waals surface area contributed by atoms with Crippen LogP contribution < -0.4 is 5.32 Å². The Hall–Kier alpha value is -1.84. The van der Waals surface area contributed by atoms with Crippen molar-refractivity contribution in [3.05, 3.63) is 29.3 Å². The van der Waals surface area contributed by atoms with Crippen LogP contribution in [0.15, 0.2) is 18.2 Å². The summed E-state index contributed by atoms with van der Waals surface area (Å²) in [6.45, 7) is 2.63. The minimum absolute atomic E-state index is 0.0236. The fourth-order valence-corrected chi connectivity index (χ4v) is 2.60. The number of rotatable bonds is 0. The van der Waals surface area contributed by atoms with E-state index in [4.69, 9.17) is 0 Å². The van der Waals surface area contributed by atoms with Crippen LogP contribution in [0.1, 0.15) is 28.8 Å². The fraction of sp³-hybridized carbons (Fsp3) is 0.385. The molecule has 0 bridgehead atoms. The van der Waals surface area contributed by atoms with Gasteiger partial charge in [-0.25, -0.2) is 0 Å². The van der Waals surface area contributed by atoms with Crippen molar-refractivity contribution < 1.29 is 9.59 Å². The first-order chi connectivity index (χ1) is 8.16. The van der Waals surface area contributed by atoms with Gasteiger partial charge < -0.3 is 10.2 Å². The van der Waals surface area contributed by atoms with Gasteiger partial charge in [0.1, 0.15) is 6.04 Å². The topological polar surface area (TPSA) is 49.4 Å². The minimum Gasteiger partial charge on any atom is -0.327 e. The van der Waals surface area contributed by atoms with Gasteiger partial charge in [0.15, 0.2) is 0 Å². The summed E-state index contributed by atoms with van der Waals surface area (Å²) in [5.41, 5.74) is 2.28. The summed E-state index contributed by atoms with van der Waals surface area (Å²) in [6.07, 6.45) is 1.68. The van der Waals surface area contributed by atoms with E-state index in [9.17, 15) is 9.59 Å². The van der Waals surface area contributed by atoms with E-state index in [1.54, 1.807) is 4.90 Å². The molecule has 1 saturated heterocycles. The molecule has 0 spiro atoms. The van der Waals surface area contributed by atoms with Crippen molar-refractivity contribution in [1.82, 2.24) is 4.90 Å². The van der Waals surface area contributed by atoms with Crippen LogP contribution in [0.5, 0.6) is 0 Å². The molecule has 4 heteroatoms. The second-order valence-corrected chi connectivity index (χ2v) is 4.69. The monoisotopic (exact) mass is 230 g/mol. The second-order valence-electron chi connectivity index (χ2n) is 4.69. The number of anilines is 1. The molecule has 0 aliphatic carbocycles. The zero-order valence-corrected chi connectivity index (χ0v) is 9.69. The third kappa shape index (κ3) is 1.52. The molecule has 1 aromatic rings. The maximum absolute atomic E-state index is 12.3. The van der Waals surface area contributed by atoms with E-state index in [-0.39, 0.29) is 17.9 Å². The highest BCUT2D eigenvalue weighted by Gasteiger charge is 2.38. The Morgan fingerprint density at radius 2 is 2.18 bits per heavy atom. The average Bonchev–Trinajstić information content (AvgIpc) is 2.76. The summed E-state index contributed by atoms with van der Waals surface area (Å²) < 4.78 is 0. The lowest BCUT2D eigenvalue weighted by Crippen LogP contribution is -2.40. The highest BCUT2D eigenvalue weighted by atomic mass is 16.2. The minimum atomic E-state index is -0.282. The first kappa shape index (κ1) is 10.3. The third-order valence-corrected chi connectivity index (χ3v) is 3.48. The molecule has 2 heterocycles. The summed E-state index contributed by atoms with van der Waals surface area (Å²) in [4.78, 5) is 26.0.